The molecule has 1 aliphatic heterocycles. The Labute approximate surface area is 106 Å². The Kier molecular flexibility index (Phi) is 3.95. The molecule has 1 N–H and O–H groups in total. The number of hydrogen-bond donors (Lipinski definition) is 1. The van der Waals surface area contributed by atoms with Crippen molar-refractivity contribution in [1.82, 2.24) is 4.31 Å². The molecule has 7 heteroatoms. The molecule has 0 bridgehead atoms. The van der Waals surface area contributed by atoms with Crippen molar-refractivity contribution in [2.45, 2.75) is 0 Å². The minimum Gasteiger partial charge on any atom is -0.379 e. The molecule has 0 aromatic heterocycles. The van der Waals surface area contributed by atoms with Gasteiger partial charge < -0.3 is 4.74 Å². The molecular formula is C11H14N2O4S. The van der Waals surface area contributed by atoms with Gasteiger partial charge in [-0.1, -0.05) is 0 Å². The van der Waals surface area contributed by atoms with E-state index in [1.54, 1.807) is 24.3 Å². The van der Waals surface area contributed by atoms with Gasteiger partial charge in [0.2, 0.25) is 0 Å². The van der Waals surface area contributed by atoms with Gasteiger partial charge in [0.1, 0.15) is 6.29 Å². The highest BCUT2D eigenvalue weighted by Gasteiger charge is 2.23. The van der Waals surface area contributed by atoms with Gasteiger partial charge >= 0.3 is 10.2 Å². The molecule has 0 radical (unpaired) electrons. The predicted molar refractivity (Wildman–Crippen MR) is 66.8 cm³/mol. The standard InChI is InChI=1S/C11H14N2O4S/c14-9-10-1-3-11(4-2-10)12-18(15,16)13-5-7-17-8-6-13/h1-4,9,12H,5-8H2. The van der Waals surface area contributed by atoms with E-state index in [9.17, 15) is 13.2 Å². The Morgan fingerprint density at radius 1 is 1.17 bits per heavy atom. The van der Waals surface area contributed by atoms with Crippen LogP contribution in [0.1, 0.15) is 10.4 Å². The molecular weight excluding hydrogens is 256 g/mol. The molecule has 1 aliphatic rings. The number of carbonyl (C=O) groups is 1. The molecule has 0 unspecified atom stereocenters. The maximum Gasteiger partial charge on any atom is 0.301 e. The fourth-order valence-corrected chi connectivity index (χ4v) is 2.82. The van der Waals surface area contributed by atoms with Crippen molar-refractivity contribution in [3.63, 3.8) is 0 Å². The molecule has 1 heterocycles. The van der Waals surface area contributed by atoms with E-state index >= 15 is 0 Å². The van der Waals surface area contributed by atoms with Crippen molar-refractivity contribution in [1.29, 1.82) is 0 Å². The minimum absolute atomic E-state index is 0.349. The van der Waals surface area contributed by atoms with E-state index in [1.165, 1.54) is 4.31 Å². The van der Waals surface area contributed by atoms with Crippen molar-refractivity contribution < 1.29 is 17.9 Å². The number of carbonyl (C=O) groups excluding carboxylic acids is 1. The van der Waals surface area contributed by atoms with E-state index < -0.39 is 10.2 Å². The van der Waals surface area contributed by atoms with Crippen LogP contribution >= 0.6 is 0 Å². The highest BCUT2D eigenvalue weighted by atomic mass is 32.2. The van der Waals surface area contributed by atoms with Crippen LogP contribution in [0.3, 0.4) is 0 Å². The van der Waals surface area contributed by atoms with Crippen molar-refractivity contribution in [2.75, 3.05) is 31.0 Å². The van der Waals surface area contributed by atoms with Gasteiger partial charge in [0.25, 0.3) is 0 Å². The summed E-state index contributed by atoms with van der Waals surface area (Å²) in [6.45, 7) is 1.51. The molecule has 1 fully saturated rings. The van der Waals surface area contributed by atoms with Crippen LogP contribution in [0.5, 0.6) is 0 Å². The molecule has 18 heavy (non-hydrogen) atoms. The number of morpholine rings is 1. The first kappa shape index (κ1) is 13.0. The summed E-state index contributed by atoms with van der Waals surface area (Å²) in [6, 6.07) is 6.23. The Bertz CT molecular complexity index is 506. The molecule has 0 aliphatic carbocycles. The summed E-state index contributed by atoms with van der Waals surface area (Å²) >= 11 is 0. The number of aldehydes is 1. The second kappa shape index (κ2) is 5.47. The maximum atomic E-state index is 12.0. The monoisotopic (exact) mass is 270 g/mol. The van der Waals surface area contributed by atoms with E-state index in [0.717, 1.165) is 0 Å². The van der Waals surface area contributed by atoms with E-state index in [1.807, 2.05) is 0 Å². The highest BCUT2D eigenvalue weighted by molar-refractivity contribution is 7.90. The molecule has 6 nitrogen and oxygen atoms in total. The van der Waals surface area contributed by atoms with E-state index in [2.05, 4.69) is 4.72 Å². The maximum absolute atomic E-state index is 12.0. The molecule has 0 saturated carbocycles. The predicted octanol–water partition coefficient (Wildman–Crippen LogP) is 0.488. The summed E-state index contributed by atoms with van der Waals surface area (Å²) < 4.78 is 32.9. The summed E-state index contributed by atoms with van der Waals surface area (Å²) in [6.07, 6.45) is 0.709. The zero-order chi connectivity index (χ0) is 13.0. The van der Waals surface area contributed by atoms with Crippen molar-refractivity contribution in [3.05, 3.63) is 29.8 Å². The summed E-state index contributed by atoms with van der Waals surface area (Å²) in [5.74, 6) is 0. The zero-order valence-corrected chi connectivity index (χ0v) is 10.5. The third-order valence-corrected chi connectivity index (χ3v) is 4.14. The van der Waals surface area contributed by atoms with Crippen LogP contribution in [0.2, 0.25) is 0 Å². The molecule has 0 atom stereocenters. The molecule has 0 amide bonds. The fraction of sp³-hybridized carbons (Fsp3) is 0.364. The lowest BCUT2D eigenvalue weighted by Crippen LogP contribution is -2.43. The lowest BCUT2D eigenvalue weighted by Gasteiger charge is -2.26. The number of benzene rings is 1. The first-order valence-electron chi connectivity index (χ1n) is 5.53. The third-order valence-electron chi connectivity index (χ3n) is 2.60. The van der Waals surface area contributed by atoms with Gasteiger partial charge in [-0.15, -0.1) is 0 Å². The van der Waals surface area contributed by atoms with Crippen molar-refractivity contribution in [2.24, 2.45) is 0 Å². The number of anilines is 1. The quantitative estimate of drug-likeness (QED) is 0.808. The summed E-state index contributed by atoms with van der Waals surface area (Å²) in [5.41, 5.74) is 0.941. The SMILES string of the molecule is O=Cc1ccc(NS(=O)(=O)N2CCOCC2)cc1. The average Bonchev–Trinajstić information content (AvgIpc) is 2.40. The Morgan fingerprint density at radius 3 is 2.33 bits per heavy atom. The third kappa shape index (κ3) is 3.06. The van der Waals surface area contributed by atoms with Gasteiger partial charge in [-0.25, -0.2) is 0 Å². The van der Waals surface area contributed by atoms with Crippen molar-refractivity contribution >= 4 is 22.2 Å². The summed E-state index contributed by atoms with van der Waals surface area (Å²) in [4.78, 5) is 10.5. The minimum atomic E-state index is -3.54. The Morgan fingerprint density at radius 2 is 1.78 bits per heavy atom. The topological polar surface area (TPSA) is 75.7 Å². The number of hydrogen-bond acceptors (Lipinski definition) is 4. The zero-order valence-electron chi connectivity index (χ0n) is 9.70. The smallest absolute Gasteiger partial charge is 0.301 e. The number of ether oxygens (including phenoxy) is 1. The van der Waals surface area contributed by atoms with Crippen LogP contribution < -0.4 is 4.72 Å². The van der Waals surface area contributed by atoms with Gasteiger partial charge in [-0.2, -0.15) is 12.7 Å². The molecule has 1 aromatic rings. The fourth-order valence-electron chi connectivity index (χ4n) is 1.63. The van der Waals surface area contributed by atoms with E-state index in [4.69, 9.17) is 4.74 Å². The number of nitrogens with one attached hydrogen (secondary N) is 1. The molecule has 0 spiro atoms. The first-order chi connectivity index (χ1) is 8.62. The normalized spacial score (nSPS) is 17.3. The first-order valence-corrected chi connectivity index (χ1v) is 6.97. The lowest BCUT2D eigenvalue weighted by molar-refractivity contribution is 0.0733. The molecule has 2 rings (SSSR count). The van der Waals surface area contributed by atoms with E-state index in [0.29, 0.717) is 43.8 Å². The second-order valence-electron chi connectivity index (χ2n) is 3.86. The second-order valence-corrected chi connectivity index (χ2v) is 5.53. The van der Waals surface area contributed by atoms with Crippen LogP contribution in [0, 0.1) is 0 Å². The largest absolute Gasteiger partial charge is 0.379 e. The van der Waals surface area contributed by atoms with Gasteiger partial charge in [-0.3, -0.25) is 9.52 Å². The van der Waals surface area contributed by atoms with Crippen LogP contribution in [-0.2, 0) is 14.9 Å². The van der Waals surface area contributed by atoms with Crippen LogP contribution in [0.4, 0.5) is 5.69 Å². The summed E-state index contributed by atoms with van der Waals surface area (Å²) in [5, 5.41) is 0. The van der Waals surface area contributed by atoms with Gasteiger partial charge in [0.15, 0.2) is 0 Å². The van der Waals surface area contributed by atoms with E-state index in [-0.39, 0.29) is 0 Å². The average molecular weight is 270 g/mol. The van der Waals surface area contributed by atoms with Gasteiger partial charge in [0, 0.05) is 24.3 Å². The van der Waals surface area contributed by atoms with Gasteiger partial charge in [-0.05, 0) is 24.3 Å². The van der Waals surface area contributed by atoms with Crippen LogP contribution in [0.25, 0.3) is 0 Å². The highest BCUT2D eigenvalue weighted by Crippen LogP contribution is 2.13. The van der Waals surface area contributed by atoms with Crippen LogP contribution in [-0.4, -0.2) is 45.3 Å². The number of rotatable bonds is 4. The van der Waals surface area contributed by atoms with Crippen molar-refractivity contribution in [3.8, 4) is 0 Å². The molecule has 1 aromatic carbocycles. The molecule has 98 valence electrons. The Hall–Kier alpha value is -1.44. The molecule has 1 saturated heterocycles. The lowest BCUT2D eigenvalue weighted by atomic mass is 10.2. The summed E-state index contributed by atoms with van der Waals surface area (Å²) in [7, 11) is -3.54. The van der Waals surface area contributed by atoms with Crippen LogP contribution in [0.15, 0.2) is 24.3 Å². The Balaban J connectivity index is 2.08. The van der Waals surface area contributed by atoms with Gasteiger partial charge in [0.05, 0.1) is 13.2 Å². The number of nitrogens with zero attached hydrogens (tertiary/aromatic N) is 1.